The van der Waals surface area contributed by atoms with Gasteiger partial charge in [0.05, 0.1) is 5.75 Å². The van der Waals surface area contributed by atoms with Crippen LogP contribution in [0.15, 0.2) is 30.3 Å². The highest BCUT2D eigenvalue weighted by Gasteiger charge is 2.09. The lowest BCUT2D eigenvalue weighted by atomic mass is 10.2. The first-order valence-corrected chi connectivity index (χ1v) is 6.45. The second-order valence-electron chi connectivity index (χ2n) is 3.24. The van der Waals surface area contributed by atoms with Crippen molar-refractivity contribution in [1.29, 1.82) is 0 Å². The fourth-order valence-corrected chi connectivity index (χ4v) is 2.32. The number of nitrogens with one attached hydrogen (secondary N) is 2. The smallest absolute Gasteiger partial charge is 0.215 e. The fraction of sp³-hybridized carbons (Fsp3) is 0.400. The van der Waals surface area contributed by atoms with Gasteiger partial charge in [-0.3, -0.25) is 0 Å². The van der Waals surface area contributed by atoms with Crippen LogP contribution in [0.5, 0.6) is 0 Å². The van der Waals surface area contributed by atoms with Gasteiger partial charge in [-0.2, -0.15) is 0 Å². The first kappa shape index (κ1) is 12.2. The van der Waals surface area contributed by atoms with Crippen molar-refractivity contribution >= 4 is 10.0 Å². The Kier molecular flexibility index (Phi) is 4.74. The van der Waals surface area contributed by atoms with Crippen LogP contribution in [0.4, 0.5) is 0 Å². The molecule has 0 fully saturated rings. The van der Waals surface area contributed by atoms with Crippen LogP contribution in [-0.2, 0) is 15.8 Å². The van der Waals surface area contributed by atoms with Crippen molar-refractivity contribution < 1.29 is 8.42 Å². The van der Waals surface area contributed by atoms with Gasteiger partial charge < -0.3 is 5.32 Å². The van der Waals surface area contributed by atoms with Crippen molar-refractivity contribution in [2.24, 2.45) is 0 Å². The van der Waals surface area contributed by atoms with Crippen LogP contribution in [0.2, 0.25) is 0 Å². The second-order valence-corrected chi connectivity index (χ2v) is 5.05. The van der Waals surface area contributed by atoms with Gasteiger partial charge in [-0.1, -0.05) is 30.3 Å². The van der Waals surface area contributed by atoms with E-state index in [0.29, 0.717) is 13.1 Å². The molecule has 0 aromatic heterocycles. The monoisotopic (exact) mass is 228 g/mol. The predicted octanol–water partition coefficient (Wildman–Crippen LogP) is 0.325. The molecule has 0 spiro atoms. The molecule has 4 nitrogen and oxygen atoms in total. The Morgan fingerprint density at radius 3 is 2.40 bits per heavy atom. The summed E-state index contributed by atoms with van der Waals surface area (Å²) in [5, 5.41) is 2.88. The Morgan fingerprint density at radius 2 is 1.80 bits per heavy atom. The second kappa shape index (κ2) is 5.85. The molecule has 84 valence electrons. The maximum absolute atomic E-state index is 11.5. The highest BCUT2D eigenvalue weighted by Crippen LogP contribution is 2.03. The van der Waals surface area contributed by atoms with Crippen molar-refractivity contribution in [1.82, 2.24) is 10.0 Å². The van der Waals surface area contributed by atoms with Crippen LogP contribution in [0, 0.1) is 0 Å². The lowest BCUT2D eigenvalue weighted by Crippen LogP contribution is -2.31. The summed E-state index contributed by atoms with van der Waals surface area (Å²) in [5.74, 6) is 0.0392. The van der Waals surface area contributed by atoms with Crippen molar-refractivity contribution in [3.8, 4) is 0 Å². The summed E-state index contributed by atoms with van der Waals surface area (Å²) >= 11 is 0. The minimum absolute atomic E-state index is 0.0392. The Balaban J connectivity index is 2.50. The van der Waals surface area contributed by atoms with Gasteiger partial charge >= 0.3 is 0 Å². The van der Waals surface area contributed by atoms with E-state index in [1.54, 1.807) is 19.2 Å². The molecule has 0 saturated heterocycles. The van der Waals surface area contributed by atoms with Crippen molar-refractivity contribution in [2.75, 3.05) is 20.1 Å². The summed E-state index contributed by atoms with van der Waals surface area (Å²) in [6, 6.07) is 9.13. The van der Waals surface area contributed by atoms with Gasteiger partial charge in [0.25, 0.3) is 0 Å². The zero-order valence-electron chi connectivity index (χ0n) is 8.73. The predicted molar refractivity (Wildman–Crippen MR) is 61.0 cm³/mol. The van der Waals surface area contributed by atoms with E-state index in [0.717, 1.165) is 5.56 Å². The molecule has 1 aromatic rings. The number of likely N-dealkylation sites (N-methyl/N-ethyl adjacent to an activating group) is 1. The SMILES string of the molecule is CNCCNS(=O)(=O)Cc1ccccc1. The van der Waals surface area contributed by atoms with Crippen LogP contribution >= 0.6 is 0 Å². The molecule has 2 N–H and O–H groups in total. The maximum atomic E-state index is 11.5. The van der Waals surface area contributed by atoms with Gasteiger partial charge in [0.2, 0.25) is 10.0 Å². The zero-order chi connectivity index (χ0) is 11.1. The molecule has 1 aromatic carbocycles. The number of hydrogen-bond donors (Lipinski definition) is 2. The van der Waals surface area contributed by atoms with E-state index in [1.807, 2.05) is 18.2 Å². The third-order valence-electron chi connectivity index (χ3n) is 1.90. The van der Waals surface area contributed by atoms with Crippen LogP contribution in [-0.4, -0.2) is 28.6 Å². The summed E-state index contributed by atoms with van der Waals surface area (Å²) in [7, 11) is -1.41. The van der Waals surface area contributed by atoms with Gasteiger partial charge in [0, 0.05) is 13.1 Å². The first-order valence-electron chi connectivity index (χ1n) is 4.80. The number of benzene rings is 1. The van der Waals surface area contributed by atoms with Gasteiger partial charge in [0.1, 0.15) is 0 Å². The molecule has 0 heterocycles. The molecule has 0 aliphatic carbocycles. The Morgan fingerprint density at radius 1 is 1.13 bits per heavy atom. The Bertz CT molecular complexity index is 376. The maximum Gasteiger partial charge on any atom is 0.215 e. The third kappa shape index (κ3) is 4.92. The molecule has 0 aliphatic heterocycles. The van der Waals surface area contributed by atoms with Crippen LogP contribution < -0.4 is 10.0 Å². The Labute approximate surface area is 90.8 Å². The minimum Gasteiger partial charge on any atom is -0.318 e. The summed E-state index contributed by atoms with van der Waals surface area (Å²) in [4.78, 5) is 0. The highest BCUT2D eigenvalue weighted by atomic mass is 32.2. The molecule has 0 saturated carbocycles. The molecule has 0 aliphatic rings. The minimum atomic E-state index is -3.20. The normalized spacial score (nSPS) is 11.5. The quantitative estimate of drug-likeness (QED) is 0.690. The van der Waals surface area contributed by atoms with E-state index >= 15 is 0 Å². The molecule has 15 heavy (non-hydrogen) atoms. The summed E-state index contributed by atoms with van der Waals surface area (Å²) in [6.07, 6.45) is 0. The Hall–Kier alpha value is -0.910. The van der Waals surface area contributed by atoms with E-state index in [-0.39, 0.29) is 5.75 Å². The van der Waals surface area contributed by atoms with Gasteiger partial charge in [0.15, 0.2) is 0 Å². The lowest BCUT2D eigenvalue weighted by molar-refractivity contribution is 0.578. The molecular formula is C10H16N2O2S. The molecule has 0 unspecified atom stereocenters. The summed E-state index contributed by atoms with van der Waals surface area (Å²) in [6.45, 7) is 1.06. The van der Waals surface area contributed by atoms with Crippen molar-refractivity contribution in [3.63, 3.8) is 0 Å². The highest BCUT2D eigenvalue weighted by molar-refractivity contribution is 7.88. The van der Waals surface area contributed by atoms with Gasteiger partial charge in [-0.25, -0.2) is 13.1 Å². The van der Waals surface area contributed by atoms with E-state index < -0.39 is 10.0 Å². The first-order chi connectivity index (χ1) is 7.14. The molecule has 0 atom stereocenters. The zero-order valence-corrected chi connectivity index (χ0v) is 9.55. The van der Waals surface area contributed by atoms with Crippen molar-refractivity contribution in [2.45, 2.75) is 5.75 Å². The van der Waals surface area contributed by atoms with Crippen molar-refractivity contribution in [3.05, 3.63) is 35.9 Å². The van der Waals surface area contributed by atoms with E-state index in [2.05, 4.69) is 10.0 Å². The summed E-state index contributed by atoms with van der Waals surface area (Å²) < 4.78 is 25.6. The summed E-state index contributed by atoms with van der Waals surface area (Å²) in [5.41, 5.74) is 0.800. The topological polar surface area (TPSA) is 58.2 Å². The van der Waals surface area contributed by atoms with Gasteiger partial charge in [-0.15, -0.1) is 0 Å². The largest absolute Gasteiger partial charge is 0.318 e. The average Bonchev–Trinajstić information content (AvgIpc) is 2.18. The molecule has 0 bridgehead atoms. The molecule has 0 amide bonds. The number of sulfonamides is 1. The van der Waals surface area contributed by atoms with Crippen LogP contribution in [0.1, 0.15) is 5.56 Å². The fourth-order valence-electron chi connectivity index (χ4n) is 1.18. The number of rotatable bonds is 6. The molecule has 5 heteroatoms. The van der Waals surface area contributed by atoms with E-state index in [1.165, 1.54) is 0 Å². The van der Waals surface area contributed by atoms with E-state index in [9.17, 15) is 8.42 Å². The van der Waals surface area contributed by atoms with Crippen LogP contribution in [0.25, 0.3) is 0 Å². The van der Waals surface area contributed by atoms with Gasteiger partial charge in [-0.05, 0) is 12.6 Å². The van der Waals surface area contributed by atoms with E-state index in [4.69, 9.17) is 0 Å². The average molecular weight is 228 g/mol. The molecule has 0 radical (unpaired) electrons. The molecule has 1 rings (SSSR count). The lowest BCUT2D eigenvalue weighted by Gasteiger charge is -2.06. The third-order valence-corrected chi connectivity index (χ3v) is 3.25. The van der Waals surface area contributed by atoms with Crippen LogP contribution in [0.3, 0.4) is 0 Å². The standard InChI is InChI=1S/C10H16N2O2S/c1-11-7-8-12-15(13,14)9-10-5-3-2-4-6-10/h2-6,11-12H,7-9H2,1H3. The number of hydrogen-bond acceptors (Lipinski definition) is 3. The molecular weight excluding hydrogens is 212 g/mol.